The molecule has 1 heterocycles. The average molecular weight is 332 g/mol. The molecule has 0 aliphatic heterocycles. The van der Waals surface area contributed by atoms with Gasteiger partial charge >= 0.3 is 0 Å². The van der Waals surface area contributed by atoms with Crippen molar-refractivity contribution in [3.8, 4) is 0 Å². The number of oxime groups is 1. The van der Waals surface area contributed by atoms with Gasteiger partial charge in [0.1, 0.15) is 5.82 Å². The van der Waals surface area contributed by atoms with E-state index in [4.69, 9.17) is 5.73 Å². The topological polar surface area (TPSA) is 74.7 Å². The van der Waals surface area contributed by atoms with Crippen molar-refractivity contribution in [3.05, 3.63) is 95.7 Å². The fourth-order valence-electron chi connectivity index (χ4n) is 2.71. The van der Waals surface area contributed by atoms with Crippen LogP contribution in [-0.4, -0.2) is 16.2 Å². The average Bonchev–Trinajstić information content (AvgIpc) is 2.68. The molecule has 3 N–H and O–H groups in total. The highest BCUT2D eigenvalue weighted by atomic mass is 16.4. The first kappa shape index (κ1) is 16.5. The first-order valence-corrected chi connectivity index (χ1v) is 8.04. The molecule has 5 heteroatoms. The lowest BCUT2D eigenvalue weighted by atomic mass is 10.1. The molecule has 3 rings (SSSR count). The molecule has 0 saturated heterocycles. The van der Waals surface area contributed by atoms with Gasteiger partial charge in [-0.05, 0) is 22.8 Å². The highest BCUT2D eigenvalue weighted by molar-refractivity contribution is 5.94. The molecule has 0 spiro atoms. The number of nitrogens with zero attached hydrogens (tertiary/aromatic N) is 3. The summed E-state index contributed by atoms with van der Waals surface area (Å²) in [5.41, 5.74) is 9.18. The smallest absolute Gasteiger partial charge is 0.239 e. The predicted octanol–water partition coefficient (Wildman–Crippen LogP) is 3.38. The maximum absolute atomic E-state index is 9.22. The van der Waals surface area contributed by atoms with Crippen molar-refractivity contribution in [3.63, 3.8) is 0 Å². The summed E-state index contributed by atoms with van der Waals surface area (Å²) in [6.45, 7) is 0.468. The Kier molecular flexibility index (Phi) is 5.26. The number of benzene rings is 2. The van der Waals surface area contributed by atoms with E-state index >= 15 is 0 Å². The van der Waals surface area contributed by atoms with Crippen LogP contribution in [-0.2, 0) is 13.0 Å². The minimum absolute atomic E-state index is 0.0110. The lowest BCUT2D eigenvalue weighted by molar-refractivity contribution is 0.317. The summed E-state index contributed by atoms with van der Waals surface area (Å²) in [5, 5.41) is 12.4. The van der Waals surface area contributed by atoms with Crippen LogP contribution in [0, 0.1) is 0 Å². The molecule has 1 aromatic heterocycles. The Bertz CT molecular complexity index is 835. The molecule has 0 amide bonds. The van der Waals surface area contributed by atoms with Gasteiger partial charge in [0.25, 0.3) is 0 Å². The van der Waals surface area contributed by atoms with Crippen molar-refractivity contribution in [2.75, 3.05) is 4.90 Å². The number of pyridine rings is 1. The second-order valence-corrected chi connectivity index (χ2v) is 5.68. The Morgan fingerprint density at radius 3 is 2.20 bits per heavy atom. The highest BCUT2D eigenvalue weighted by Gasteiger charge is 2.17. The van der Waals surface area contributed by atoms with Gasteiger partial charge in [0.05, 0.1) is 6.54 Å². The van der Waals surface area contributed by atoms with Gasteiger partial charge in [-0.3, -0.25) is 4.90 Å². The molecule has 126 valence electrons. The highest BCUT2D eigenvalue weighted by Crippen LogP contribution is 2.22. The summed E-state index contributed by atoms with van der Waals surface area (Å²) in [7, 11) is 0. The minimum Gasteiger partial charge on any atom is -0.408 e. The van der Waals surface area contributed by atoms with Crippen molar-refractivity contribution in [2.45, 2.75) is 13.0 Å². The van der Waals surface area contributed by atoms with Crippen LogP contribution >= 0.6 is 0 Å². The second kappa shape index (κ2) is 7.97. The lowest BCUT2D eigenvalue weighted by Gasteiger charge is -2.24. The Labute approximate surface area is 147 Å². The van der Waals surface area contributed by atoms with E-state index in [2.05, 4.69) is 22.3 Å². The van der Waals surface area contributed by atoms with E-state index in [1.807, 2.05) is 60.7 Å². The lowest BCUT2D eigenvalue weighted by Crippen LogP contribution is -2.38. The van der Waals surface area contributed by atoms with Gasteiger partial charge in [0.2, 0.25) is 5.96 Å². The molecule has 0 unspecified atom stereocenters. The summed E-state index contributed by atoms with van der Waals surface area (Å²) < 4.78 is 0. The van der Waals surface area contributed by atoms with Gasteiger partial charge in [-0.25, -0.2) is 4.98 Å². The maximum Gasteiger partial charge on any atom is 0.239 e. The van der Waals surface area contributed by atoms with Gasteiger partial charge in [-0.15, -0.1) is 0 Å². The third-order valence-corrected chi connectivity index (χ3v) is 3.92. The second-order valence-electron chi connectivity index (χ2n) is 5.68. The zero-order valence-corrected chi connectivity index (χ0v) is 13.8. The minimum atomic E-state index is 0.0110. The van der Waals surface area contributed by atoms with Crippen LogP contribution in [0.3, 0.4) is 0 Å². The fourth-order valence-corrected chi connectivity index (χ4v) is 2.71. The third-order valence-electron chi connectivity index (χ3n) is 3.92. The van der Waals surface area contributed by atoms with Crippen LogP contribution in [0.4, 0.5) is 5.82 Å². The molecule has 0 aliphatic rings. The number of rotatable bonds is 5. The fraction of sp³-hybridized carbons (Fsp3) is 0.100. The molecule has 0 fully saturated rings. The number of guanidine groups is 1. The van der Waals surface area contributed by atoms with Gasteiger partial charge < -0.3 is 10.9 Å². The molecular weight excluding hydrogens is 312 g/mol. The zero-order chi connectivity index (χ0) is 17.5. The van der Waals surface area contributed by atoms with Crippen molar-refractivity contribution < 1.29 is 5.21 Å². The number of hydrogen-bond acceptors (Lipinski definition) is 3. The molecule has 0 bridgehead atoms. The largest absolute Gasteiger partial charge is 0.408 e. The van der Waals surface area contributed by atoms with Crippen LogP contribution < -0.4 is 10.6 Å². The Hall–Kier alpha value is -3.34. The van der Waals surface area contributed by atoms with E-state index in [-0.39, 0.29) is 5.96 Å². The zero-order valence-electron chi connectivity index (χ0n) is 13.8. The predicted molar refractivity (Wildman–Crippen MR) is 99.5 cm³/mol. The summed E-state index contributed by atoms with van der Waals surface area (Å²) in [4.78, 5) is 6.21. The number of nitrogens with two attached hydrogens (primary N) is 1. The molecule has 0 saturated carbocycles. The van der Waals surface area contributed by atoms with Gasteiger partial charge in [0, 0.05) is 12.6 Å². The van der Waals surface area contributed by atoms with E-state index in [0.717, 1.165) is 11.1 Å². The Morgan fingerprint density at radius 2 is 1.56 bits per heavy atom. The summed E-state index contributed by atoms with van der Waals surface area (Å²) >= 11 is 0. The molecular formula is C20H20N4O. The van der Waals surface area contributed by atoms with Crippen molar-refractivity contribution in [1.29, 1.82) is 0 Å². The van der Waals surface area contributed by atoms with Crippen molar-refractivity contribution >= 4 is 11.8 Å². The van der Waals surface area contributed by atoms with E-state index in [1.54, 1.807) is 11.1 Å². The number of anilines is 1. The first-order chi connectivity index (χ1) is 12.3. The van der Waals surface area contributed by atoms with Crippen molar-refractivity contribution in [1.82, 2.24) is 4.98 Å². The SMILES string of the molecule is NC(=NO)N(Cc1ccccc1)c1ncccc1Cc1ccccc1. The standard InChI is InChI=1S/C20H20N4O/c21-20(23-25)24(15-17-10-5-2-6-11-17)19-18(12-7-13-22-19)14-16-8-3-1-4-9-16/h1-13,25H,14-15H2,(H2,21,23). The molecule has 2 aromatic carbocycles. The van der Waals surface area contributed by atoms with Crippen molar-refractivity contribution in [2.24, 2.45) is 10.9 Å². The van der Waals surface area contributed by atoms with Crippen LogP contribution in [0.5, 0.6) is 0 Å². The van der Waals surface area contributed by atoms with Crippen LogP contribution in [0.1, 0.15) is 16.7 Å². The molecule has 5 nitrogen and oxygen atoms in total. The van der Waals surface area contributed by atoms with Crippen LogP contribution in [0.15, 0.2) is 84.1 Å². The first-order valence-electron chi connectivity index (χ1n) is 8.04. The van der Waals surface area contributed by atoms with Gasteiger partial charge in [-0.2, -0.15) is 0 Å². The Morgan fingerprint density at radius 1 is 0.920 bits per heavy atom. The normalized spacial score (nSPS) is 11.3. The molecule has 0 atom stereocenters. The quantitative estimate of drug-likeness (QED) is 0.325. The van der Waals surface area contributed by atoms with Crippen LogP contribution in [0.25, 0.3) is 0 Å². The summed E-state index contributed by atoms with van der Waals surface area (Å²) in [6, 6.07) is 23.9. The summed E-state index contributed by atoms with van der Waals surface area (Å²) in [6.07, 6.45) is 2.43. The summed E-state index contributed by atoms with van der Waals surface area (Å²) in [5.74, 6) is 0.697. The van der Waals surface area contributed by atoms with E-state index in [9.17, 15) is 5.21 Å². The third kappa shape index (κ3) is 4.14. The monoisotopic (exact) mass is 332 g/mol. The van der Waals surface area contributed by atoms with Crippen LogP contribution in [0.2, 0.25) is 0 Å². The van der Waals surface area contributed by atoms with E-state index in [1.165, 1.54) is 5.56 Å². The molecule has 0 radical (unpaired) electrons. The van der Waals surface area contributed by atoms with Gasteiger partial charge in [-0.1, -0.05) is 71.9 Å². The Balaban J connectivity index is 1.96. The number of hydrogen-bond donors (Lipinski definition) is 2. The van der Waals surface area contributed by atoms with E-state index in [0.29, 0.717) is 18.8 Å². The number of aromatic nitrogens is 1. The molecule has 25 heavy (non-hydrogen) atoms. The van der Waals surface area contributed by atoms with Gasteiger partial charge in [0.15, 0.2) is 0 Å². The maximum atomic E-state index is 9.22. The molecule has 0 aliphatic carbocycles. The molecule has 3 aromatic rings. The van der Waals surface area contributed by atoms with E-state index < -0.39 is 0 Å².